The van der Waals surface area contributed by atoms with Crippen molar-refractivity contribution in [2.24, 2.45) is 11.7 Å². The molecule has 8 nitrogen and oxygen atoms in total. The standard InChI is InChI=1S/C25H33N3O5/c1-16-22(15-31-25(30)28(2)19-7-3-4-8-19)23(33-27-16)17-10-12-20(13-11-17)32-21-9-5-6-18(14-21)24(26)29/h10-13,18-19,21H,3-9,14-15H2,1-2H3,(H2,26,29)/t18-,21-/m0/s1. The van der Waals surface area contributed by atoms with Gasteiger partial charge in [0.2, 0.25) is 5.91 Å². The van der Waals surface area contributed by atoms with E-state index in [9.17, 15) is 9.59 Å². The molecule has 2 aromatic rings. The highest BCUT2D eigenvalue weighted by Gasteiger charge is 2.27. The van der Waals surface area contributed by atoms with E-state index >= 15 is 0 Å². The average Bonchev–Trinajstić information content (AvgIpc) is 3.48. The highest BCUT2D eigenvalue weighted by molar-refractivity contribution is 5.76. The van der Waals surface area contributed by atoms with Gasteiger partial charge in [0, 0.05) is 24.6 Å². The minimum atomic E-state index is -0.320. The topological polar surface area (TPSA) is 108 Å². The number of hydrogen-bond acceptors (Lipinski definition) is 6. The first-order valence-electron chi connectivity index (χ1n) is 11.8. The molecule has 1 aromatic carbocycles. The van der Waals surface area contributed by atoms with Crippen molar-refractivity contribution in [2.45, 2.75) is 77.0 Å². The fourth-order valence-electron chi connectivity index (χ4n) is 4.85. The molecule has 0 aliphatic heterocycles. The second kappa shape index (κ2) is 10.3. The van der Waals surface area contributed by atoms with Gasteiger partial charge in [-0.15, -0.1) is 0 Å². The number of rotatable bonds is 7. The Labute approximate surface area is 194 Å². The van der Waals surface area contributed by atoms with E-state index in [1.807, 2.05) is 31.2 Å². The highest BCUT2D eigenvalue weighted by Crippen LogP contribution is 2.31. The van der Waals surface area contributed by atoms with E-state index in [2.05, 4.69) is 5.16 Å². The second-order valence-electron chi connectivity index (χ2n) is 9.21. The first-order valence-corrected chi connectivity index (χ1v) is 11.8. The summed E-state index contributed by atoms with van der Waals surface area (Å²) in [4.78, 5) is 25.7. The average molecular weight is 456 g/mol. The molecule has 2 atom stereocenters. The van der Waals surface area contributed by atoms with Gasteiger partial charge in [-0.3, -0.25) is 4.79 Å². The van der Waals surface area contributed by atoms with Crippen LogP contribution in [0.25, 0.3) is 11.3 Å². The maximum Gasteiger partial charge on any atom is 0.410 e. The lowest BCUT2D eigenvalue weighted by Crippen LogP contribution is -2.35. The molecule has 2 amide bonds. The number of aryl methyl sites for hydroxylation is 1. The minimum absolute atomic E-state index is 0.0125. The normalized spacial score (nSPS) is 21.0. The number of benzene rings is 1. The number of ether oxygens (including phenoxy) is 2. The fourth-order valence-corrected chi connectivity index (χ4v) is 4.85. The summed E-state index contributed by atoms with van der Waals surface area (Å²) in [5.41, 5.74) is 7.75. The summed E-state index contributed by atoms with van der Waals surface area (Å²) < 4.78 is 17.2. The molecule has 1 heterocycles. The van der Waals surface area contributed by atoms with Crippen molar-refractivity contribution in [3.8, 4) is 17.1 Å². The van der Waals surface area contributed by atoms with Crippen molar-refractivity contribution < 1.29 is 23.6 Å². The van der Waals surface area contributed by atoms with Crippen LogP contribution in [-0.2, 0) is 16.1 Å². The number of nitrogens with zero attached hydrogens (tertiary/aromatic N) is 2. The van der Waals surface area contributed by atoms with Gasteiger partial charge in [-0.2, -0.15) is 0 Å². The Kier molecular flexibility index (Phi) is 7.20. The number of amides is 2. The smallest absolute Gasteiger partial charge is 0.410 e. The predicted octanol–water partition coefficient (Wildman–Crippen LogP) is 4.58. The minimum Gasteiger partial charge on any atom is -0.490 e. The lowest BCUT2D eigenvalue weighted by Gasteiger charge is -2.27. The monoisotopic (exact) mass is 455 g/mol. The van der Waals surface area contributed by atoms with E-state index in [0.29, 0.717) is 17.9 Å². The third-order valence-electron chi connectivity index (χ3n) is 6.93. The molecule has 0 radical (unpaired) electrons. The molecule has 0 unspecified atom stereocenters. The fraction of sp³-hybridized carbons (Fsp3) is 0.560. The lowest BCUT2D eigenvalue weighted by atomic mass is 9.87. The van der Waals surface area contributed by atoms with E-state index in [4.69, 9.17) is 19.7 Å². The van der Waals surface area contributed by atoms with E-state index in [0.717, 1.165) is 61.8 Å². The summed E-state index contributed by atoms with van der Waals surface area (Å²) in [6, 6.07) is 7.82. The molecular weight excluding hydrogens is 422 g/mol. The van der Waals surface area contributed by atoms with Gasteiger partial charge in [0.05, 0.1) is 17.4 Å². The molecule has 0 saturated heterocycles. The summed E-state index contributed by atoms with van der Waals surface area (Å²) in [7, 11) is 1.80. The molecule has 8 heteroatoms. The Morgan fingerprint density at radius 3 is 2.55 bits per heavy atom. The Morgan fingerprint density at radius 1 is 1.12 bits per heavy atom. The molecule has 2 saturated carbocycles. The Balaban J connectivity index is 1.38. The molecule has 4 rings (SSSR count). The van der Waals surface area contributed by atoms with Gasteiger partial charge in [-0.25, -0.2) is 4.79 Å². The zero-order valence-electron chi connectivity index (χ0n) is 19.4. The summed E-state index contributed by atoms with van der Waals surface area (Å²) in [5.74, 6) is 0.957. The SMILES string of the molecule is Cc1noc(-c2ccc(O[C@H]3CCC[C@H](C(N)=O)C3)cc2)c1COC(=O)N(C)C1CCCC1. The number of carbonyl (C=O) groups excluding carboxylic acids is 2. The lowest BCUT2D eigenvalue weighted by molar-refractivity contribution is -0.123. The summed E-state index contributed by atoms with van der Waals surface area (Å²) in [6.45, 7) is 1.95. The van der Waals surface area contributed by atoms with Crippen LogP contribution < -0.4 is 10.5 Å². The predicted molar refractivity (Wildman–Crippen MR) is 122 cm³/mol. The van der Waals surface area contributed by atoms with Crippen LogP contribution in [0.3, 0.4) is 0 Å². The molecule has 33 heavy (non-hydrogen) atoms. The Bertz CT molecular complexity index is 965. The molecule has 178 valence electrons. The summed E-state index contributed by atoms with van der Waals surface area (Å²) >= 11 is 0. The number of primary amides is 1. The third kappa shape index (κ3) is 5.49. The van der Waals surface area contributed by atoms with Crippen LogP contribution in [0.2, 0.25) is 0 Å². The van der Waals surface area contributed by atoms with Crippen molar-refractivity contribution in [3.05, 3.63) is 35.5 Å². The molecule has 2 aliphatic rings. The zero-order chi connectivity index (χ0) is 23.4. The van der Waals surface area contributed by atoms with Crippen molar-refractivity contribution >= 4 is 12.0 Å². The van der Waals surface area contributed by atoms with Crippen molar-refractivity contribution in [1.82, 2.24) is 10.1 Å². The van der Waals surface area contributed by atoms with Crippen LogP contribution in [0.4, 0.5) is 4.79 Å². The Hall–Kier alpha value is -3.03. The molecule has 2 fully saturated rings. The van der Waals surface area contributed by atoms with Crippen LogP contribution in [0.15, 0.2) is 28.8 Å². The Morgan fingerprint density at radius 2 is 1.85 bits per heavy atom. The van der Waals surface area contributed by atoms with Crippen LogP contribution in [-0.4, -0.2) is 41.3 Å². The van der Waals surface area contributed by atoms with E-state index in [1.54, 1.807) is 11.9 Å². The van der Waals surface area contributed by atoms with Crippen molar-refractivity contribution in [3.63, 3.8) is 0 Å². The summed E-state index contributed by atoms with van der Waals surface area (Å²) in [6.07, 6.45) is 7.38. The van der Waals surface area contributed by atoms with Gasteiger partial charge in [-0.1, -0.05) is 18.0 Å². The third-order valence-corrected chi connectivity index (χ3v) is 6.93. The largest absolute Gasteiger partial charge is 0.490 e. The van der Waals surface area contributed by atoms with Gasteiger partial charge in [0.15, 0.2) is 5.76 Å². The summed E-state index contributed by atoms with van der Waals surface area (Å²) in [5, 5.41) is 4.08. The number of nitrogens with two attached hydrogens (primary N) is 1. The maximum atomic E-state index is 12.5. The van der Waals surface area contributed by atoms with Gasteiger partial charge in [-0.05, 0) is 69.7 Å². The van der Waals surface area contributed by atoms with Crippen LogP contribution in [0.5, 0.6) is 5.75 Å². The quantitative estimate of drug-likeness (QED) is 0.654. The van der Waals surface area contributed by atoms with Crippen LogP contribution in [0.1, 0.15) is 62.6 Å². The van der Waals surface area contributed by atoms with Gasteiger partial charge < -0.3 is 24.6 Å². The van der Waals surface area contributed by atoms with Gasteiger partial charge >= 0.3 is 6.09 Å². The second-order valence-corrected chi connectivity index (χ2v) is 9.21. The molecule has 0 spiro atoms. The first kappa shape index (κ1) is 23.1. The van der Waals surface area contributed by atoms with Crippen LogP contribution >= 0.6 is 0 Å². The van der Waals surface area contributed by atoms with Crippen molar-refractivity contribution in [2.75, 3.05) is 7.05 Å². The van der Waals surface area contributed by atoms with E-state index in [-0.39, 0.29) is 36.7 Å². The number of aromatic nitrogens is 1. The molecule has 2 aliphatic carbocycles. The number of carbonyl (C=O) groups is 2. The zero-order valence-corrected chi connectivity index (χ0v) is 19.4. The molecule has 2 N–H and O–H groups in total. The van der Waals surface area contributed by atoms with E-state index in [1.165, 1.54) is 0 Å². The van der Waals surface area contributed by atoms with E-state index < -0.39 is 0 Å². The highest BCUT2D eigenvalue weighted by atomic mass is 16.6. The van der Waals surface area contributed by atoms with Crippen LogP contribution in [0, 0.1) is 12.8 Å². The van der Waals surface area contributed by atoms with Gasteiger partial charge in [0.1, 0.15) is 12.4 Å². The molecule has 0 bridgehead atoms. The van der Waals surface area contributed by atoms with Gasteiger partial charge in [0.25, 0.3) is 0 Å². The number of hydrogen-bond donors (Lipinski definition) is 1. The van der Waals surface area contributed by atoms with Crippen molar-refractivity contribution in [1.29, 1.82) is 0 Å². The first-order chi connectivity index (χ1) is 15.9. The molecule has 1 aromatic heterocycles. The maximum absolute atomic E-state index is 12.5. The molecular formula is C25H33N3O5.